The van der Waals surface area contributed by atoms with Gasteiger partial charge >= 0.3 is 91.9 Å². The van der Waals surface area contributed by atoms with Gasteiger partial charge in [0.2, 0.25) is 0 Å². The van der Waals surface area contributed by atoms with Gasteiger partial charge in [0.1, 0.15) is 0 Å². The molecule has 13 heavy (non-hydrogen) atoms. The first-order chi connectivity index (χ1) is 6.20. The Bertz CT molecular complexity index is 267. The number of hydrogen-bond acceptors (Lipinski definition) is 1. The van der Waals surface area contributed by atoms with Crippen molar-refractivity contribution in [1.82, 2.24) is 0 Å². The number of thiocarbonyl (C=S) groups is 1. The molecule has 0 aliphatic carbocycles. The predicted molar refractivity (Wildman–Crippen MR) is 63.5 cm³/mol. The zero-order valence-electron chi connectivity index (χ0n) is 7.99. The monoisotopic (exact) mass is 258 g/mol. The molecule has 0 radical (unpaired) electrons. The van der Waals surface area contributed by atoms with Crippen molar-refractivity contribution >= 4 is 30.9 Å². The van der Waals surface area contributed by atoms with Crippen LogP contribution in [0.4, 0.5) is 0 Å². The van der Waals surface area contributed by atoms with Crippen LogP contribution in [0.15, 0.2) is 30.3 Å². The number of rotatable bonds is 4. The van der Waals surface area contributed by atoms with Crippen LogP contribution in [0, 0.1) is 5.92 Å². The molecule has 1 rings (SSSR count). The molecule has 0 saturated carbocycles. The van der Waals surface area contributed by atoms with Gasteiger partial charge in [-0.2, -0.15) is 0 Å². The molecule has 0 spiro atoms. The van der Waals surface area contributed by atoms with Crippen molar-refractivity contribution in [1.29, 1.82) is 0 Å². The van der Waals surface area contributed by atoms with Gasteiger partial charge in [-0.3, -0.25) is 0 Å². The molecule has 1 aromatic carbocycles. The van der Waals surface area contributed by atoms with Gasteiger partial charge in [0.05, 0.1) is 0 Å². The second-order valence-electron chi connectivity index (χ2n) is 3.36. The molecule has 1 aromatic rings. The summed E-state index contributed by atoms with van der Waals surface area (Å²) in [5.74, 6) is 0.765. The quantitative estimate of drug-likeness (QED) is 0.590. The van der Waals surface area contributed by atoms with Gasteiger partial charge in [-0.05, 0) is 0 Å². The Hall–Kier alpha value is -0.171. The van der Waals surface area contributed by atoms with E-state index in [9.17, 15) is 0 Å². The van der Waals surface area contributed by atoms with Crippen molar-refractivity contribution in [3.63, 3.8) is 0 Å². The standard InChI is InChI=1S/C11H14SSe/c1-9(2)8-13-11(12)10-6-4-3-5-7-10/h3-7,9H,8H2,1-2H3. The summed E-state index contributed by atoms with van der Waals surface area (Å²) in [6, 6.07) is 10.3. The molecule has 0 unspecified atom stereocenters. The summed E-state index contributed by atoms with van der Waals surface area (Å²) in [7, 11) is 0. The second-order valence-corrected chi connectivity index (χ2v) is 6.51. The summed E-state index contributed by atoms with van der Waals surface area (Å²) in [4.78, 5) is 0. The van der Waals surface area contributed by atoms with Gasteiger partial charge in [-0.15, -0.1) is 0 Å². The van der Waals surface area contributed by atoms with E-state index in [1.807, 2.05) is 18.2 Å². The molecule has 0 aliphatic heterocycles. The van der Waals surface area contributed by atoms with E-state index in [2.05, 4.69) is 26.0 Å². The number of benzene rings is 1. The summed E-state index contributed by atoms with van der Waals surface area (Å²) < 4.78 is 1.15. The Morgan fingerprint density at radius 1 is 1.31 bits per heavy atom. The Labute approximate surface area is 91.9 Å². The average Bonchev–Trinajstić information content (AvgIpc) is 2.15. The SMILES string of the molecule is CC(C)C[Se]C(=S)c1ccccc1. The van der Waals surface area contributed by atoms with Crippen LogP contribution in [0.1, 0.15) is 19.4 Å². The zero-order valence-corrected chi connectivity index (χ0v) is 10.5. The molecule has 0 amide bonds. The van der Waals surface area contributed by atoms with Gasteiger partial charge in [-0.25, -0.2) is 0 Å². The molecular weight excluding hydrogens is 243 g/mol. The van der Waals surface area contributed by atoms with E-state index in [1.165, 1.54) is 10.9 Å². The van der Waals surface area contributed by atoms with Crippen molar-refractivity contribution < 1.29 is 0 Å². The van der Waals surface area contributed by atoms with E-state index in [4.69, 9.17) is 12.2 Å². The van der Waals surface area contributed by atoms with Crippen molar-refractivity contribution in [3.8, 4) is 0 Å². The normalized spacial score (nSPS) is 10.4. The Morgan fingerprint density at radius 2 is 1.92 bits per heavy atom. The Morgan fingerprint density at radius 3 is 2.46 bits per heavy atom. The molecule has 2 heteroatoms. The molecule has 0 aromatic heterocycles. The van der Waals surface area contributed by atoms with Gasteiger partial charge < -0.3 is 0 Å². The van der Waals surface area contributed by atoms with Crippen molar-refractivity contribution in [2.24, 2.45) is 5.92 Å². The maximum absolute atomic E-state index is 5.37. The third kappa shape index (κ3) is 4.04. The Kier molecular flexibility index (Phi) is 4.65. The van der Waals surface area contributed by atoms with Crippen LogP contribution in [0.5, 0.6) is 0 Å². The van der Waals surface area contributed by atoms with E-state index >= 15 is 0 Å². The van der Waals surface area contributed by atoms with Crippen LogP contribution in [-0.2, 0) is 0 Å². The van der Waals surface area contributed by atoms with Gasteiger partial charge in [0.15, 0.2) is 0 Å². The topological polar surface area (TPSA) is 0 Å². The summed E-state index contributed by atoms with van der Waals surface area (Å²) in [5.41, 5.74) is 1.23. The molecule has 0 N–H and O–H groups in total. The first-order valence-corrected chi connectivity index (χ1v) is 6.90. The Balaban J connectivity index is 2.50. The van der Waals surface area contributed by atoms with E-state index in [0.717, 1.165) is 9.68 Å². The average molecular weight is 257 g/mol. The van der Waals surface area contributed by atoms with Gasteiger partial charge in [-0.1, -0.05) is 0 Å². The molecule has 0 atom stereocenters. The number of hydrogen-bond donors (Lipinski definition) is 0. The second kappa shape index (κ2) is 5.54. The fourth-order valence-electron chi connectivity index (χ4n) is 0.900. The van der Waals surface area contributed by atoms with E-state index in [0.29, 0.717) is 15.0 Å². The summed E-state index contributed by atoms with van der Waals surface area (Å²) in [6.45, 7) is 4.49. The molecular formula is C11H14SSe. The van der Waals surface area contributed by atoms with Crippen molar-refractivity contribution in [3.05, 3.63) is 35.9 Å². The van der Waals surface area contributed by atoms with E-state index in [-0.39, 0.29) is 0 Å². The molecule has 70 valence electrons. The molecule has 0 saturated heterocycles. The molecule has 0 aliphatic rings. The summed E-state index contributed by atoms with van der Waals surface area (Å²) in [6.07, 6.45) is 0. The van der Waals surface area contributed by atoms with E-state index < -0.39 is 0 Å². The van der Waals surface area contributed by atoms with Crippen LogP contribution in [0.25, 0.3) is 0 Å². The third-order valence-electron chi connectivity index (χ3n) is 1.56. The first-order valence-electron chi connectivity index (χ1n) is 4.42. The van der Waals surface area contributed by atoms with Crippen LogP contribution in [0.2, 0.25) is 5.32 Å². The third-order valence-corrected chi connectivity index (χ3v) is 5.20. The zero-order chi connectivity index (χ0) is 9.68. The van der Waals surface area contributed by atoms with Crippen LogP contribution in [-0.4, -0.2) is 18.7 Å². The summed E-state index contributed by atoms with van der Waals surface area (Å²) >= 11 is 5.86. The van der Waals surface area contributed by atoms with Crippen LogP contribution in [0.3, 0.4) is 0 Å². The van der Waals surface area contributed by atoms with Crippen LogP contribution < -0.4 is 0 Å². The predicted octanol–water partition coefficient (Wildman–Crippen LogP) is 3.14. The molecule has 0 bridgehead atoms. The van der Waals surface area contributed by atoms with Gasteiger partial charge in [0, 0.05) is 0 Å². The van der Waals surface area contributed by atoms with Crippen molar-refractivity contribution in [2.75, 3.05) is 0 Å². The fraction of sp³-hybridized carbons (Fsp3) is 0.364. The van der Waals surface area contributed by atoms with Crippen molar-refractivity contribution in [2.45, 2.75) is 19.2 Å². The minimum atomic E-state index is 0.491. The first kappa shape index (κ1) is 10.9. The summed E-state index contributed by atoms with van der Waals surface area (Å²) in [5, 5.41) is 1.25. The van der Waals surface area contributed by atoms with Crippen LogP contribution >= 0.6 is 12.2 Å². The fourth-order valence-corrected chi connectivity index (χ4v) is 3.04. The minimum absolute atomic E-state index is 0.491. The molecule has 0 nitrogen and oxygen atoms in total. The van der Waals surface area contributed by atoms with E-state index in [1.54, 1.807) is 0 Å². The van der Waals surface area contributed by atoms with Gasteiger partial charge in [0.25, 0.3) is 0 Å². The molecule has 0 fully saturated rings. The maximum atomic E-state index is 5.37. The molecule has 0 heterocycles.